The Morgan fingerprint density at radius 1 is 0.738 bits per heavy atom. The molecule has 0 fully saturated rings. The van der Waals surface area contributed by atoms with Crippen LogP contribution >= 0.6 is 0 Å². The topological polar surface area (TPSA) is 26.0 Å². The number of hydrogen-bond acceptors (Lipinski definition) is 1. The lowest BCUT2D eigenvalue weighted by Gasteiger charge is -2.21. The molecule has 0 unspecified atom stereocenters. The van der Waals surface area contributed by atoms with Crippen molar-refractivity contribution in [3.05, 3.63) is 163 Å². The van der Waals surface area contributed by atoms with E-state index in [0.717, 1.165) is 39.8 Å². The third-order valence-electron chi connectivity index (χ3n) is 7.87. The average molecular weight is 544 g/mol. The van der Waals surface area contributed by atoms with E-state index in [4.69, 9.17) is 5.73 Å². The van der Waals surface area contributed by atoms with Crippen LogP contribution in [0.15, 0.2) is 141 Å². The Kier molecular flexibility index (Phi) is 8.50. The number of rotatable bonds is 9. The minimum atomic E-state index is 0.713. The van der Waals surface area contributed by atoms with E-state index in [1.54, 1.807) is 0 Å². The van der Waals surface area contributed by atoms with Crippen LogP contribution in [0, 0.1) is 6.92 Å². The number of benzene rings is 5. The zero-order valence-electron chi connectivity index (χ0n) is 24.5. The van der Waals surface area contributed by atoms with Crippen LogP contribution in [0.5, 0.6) is 0 Å². The Morgan fingerprint density at radius 3 is 2.02 bits per heavy atom. The molecule has 206 valence electrons. The van der Waals surface area contributed by atoms with E-state index in [1.165, 1.54) is 38.2 Å². The summed E-state index contributed by atoms with van der Waals surface area (Å²) in [5.74, 6) is 0. The fourth-order valence-corrected chi connectivity index (χ4v) is 5.69. The second kappa shape index (κ2) is 12.6. The molecule has 0 aliphatic carbocycles. The third-order valence-corrected chi connectivity index (χ3v) is 7.87. The fraction of sp³-hybridized carbons (Fsp3) is 0.0732. The molecular formula is C41H37N. The smallest absolute Gasteiger partial charge is 0.0387 e. The first kappa shape index (κ1) is 28.4. The van der Waals surface area contributed by atoms with E-state index >= 15 is 0 Å². The van der Waals surface area contributed by atoms with Gasteiger partial charge in [-0.15, -0.1) is 0 Å². The van der Waals surface area contributed by atoms with Gasteiger partial charge in [0.25, 0.3) is 0 Å². The normalized spacial score (nSPS) is 12.2. The Labute approximate surface area is 250 Å². The van der Waals surface area contributed by atoms with Crippen molar-refractivity contribution < 1.29 is 0 Å². The zero-order chi connectivity index (χ0) is 29.6. The van der Waals surface area contributed by atoms with Crippen LogP contribution in [-0.4, -0.2) is 0 Å². The summed E-state index contributed by atoms with van der Waals surface area (Å²) in [7, 11) is 0. The molecule has 1 heteroatoms. The van der Waals surface area contributed by atoms with Crippen LogP contribution in [-0.2, 0) is 0 Å². The Hall–Kier alpha value is -5.14. The van der Waals surface area contributed by atoms with E-state index in [2.05, 4.69) is 124 Å². The van der Waals surface area contributed by atoms with E-state index in [9.17, 15) is 0 Å². The molecule has 0 aliphatic rings. The second-order valence-electron chi connectivity index (χ2n) is 10.5. The molecule has 42 heavy (non-hydrogen) atoms. The first-order chi connectivity index (χ1) is 20.5. The average Bonchev–Trinajstić information content (AvgIpc) is 3.03. The summed E-state index contributed by atoms with van der Waals surface area (Å²) in [5, 5.41) is 4.80. The summed E-state index contributed by atoms with van der Waals surface area (Å²) in [6.45, 7) is 16.5. The van der Waals surface area contributed by atoms with Crippen LogP contribution in [0.4, 0.5) is 0 Å². The molecule has 2 N–H and O–H groups in total. The summed E-state index contributed by atoms with van der Waals surface area (Å²) in [5.41, 5.74) is 17.4. The van der Waals surface area contributed by atoms with Gasteiger partial charge in [0, 0.05) is 5.70 Å². The van der Waals surface area contributed by atoms with Crippen molar-refractivity contribution in [2.45, 2.75) is 20.3 Å². The summed E-state index contributed by atoms with van der Waals surface area (Å²) in [6, 6.07) is 30.4. The number of allylic oxidation sites excluding steroid dienone is 6. The lowest BCUT2D eigenvalue weighted by molar-refractivity contribution is 1.27. The molecule has 0 aromatic heterocycles. The standard InChI is InChI=1S/C41H37N/c1-6-29(7-2)15-10-13-20-39(42)32-16-14-17-33(27-32)40-35(8-3)36(9-4)41(38-19-12-11-18-37(38)40)34-24-23-30-25-28(5)21-22-31(30)26-34/h6-14,16-27H,1,3-4,15,42H2,2,5H3/b13-10-,29-7+,39-20-. The van der Waals surface area contributed by atoms with Gasteiger partial charge in [0.05, 0.1) is 0 Å². The largest absolute Gasteiger partial charge is 0.398 e. The molecule has 5 rings (SSSR count). The van der Waals surface area contributed by atoms with Crippen molar-refractivity contribution in [3.63, 3.8) is 0 Å². The highest BCUT2D eigenvalue weighted by Gasteiger charge is 2.19. The van der Waals surface area contributed by atoms with Gasteiger partial charge in [0.2, 0.25) is 0 Å². The molecule has 5 aromatic rings. The van der Waals surface area contributed by atoms with Gasteiger partial charge < -0.3 is 5.73 Å². The van der Waals surface area contributed by atoms with Crippen molar-refractivity contribution in [2.75, 3.05) is 0 Å². The molecule has 0 radical (unpaired) electrons. The van der Waals surface area contributed by atoms with Gasteiger partial charge in [-0.1, -0.05) is 135 Å². The third kappa shape index (κ3) is 5.55. The Morgan fingerprint density at radius 2 is 1.38 bits per heavy atom. The minimum Gasteiger partial charge on any atom is -0.398 e. The molecule has 1 nitrogen and oxygen atoms in total. The Balaban J connectivity index is 1.67. The highest BCUT2D eigenvalue weighted by Crippen LogP contribution is 2.44. The first-order valence-electron chi connectivity index (χ1n) is 14.3. The highest BCUT2D eigenvalue weighted by atomic mass is 14.6. The molecule has 0 saturated carbocycles. The quantitative estimate of drug-likeness (QED) is 0.184. The molecule has 0 amide bonds. The van der Waals surface area contributed by atoms with Crippen molar-refractivity contribution in [1.82, 2.24) is 0 Å². The first-order valence-corrected chi connectivity index (χ1v) is 14.3. The van der Waals surface area contributed by atoms with Gasteiger partial charge in [-0.2, -0.15) is 0 Å². The SMILES string of the molecule is C=C/C(=C\C)C/C=C\C=C(/N)c1cccc(-c2c(C=C)c(C=C)c(-c3ccc4cc(C)ccc4c3)c3ccccc23)c1. The minimum absolute atomic E-state index is 0.713. The summed E-state index contributed by atoms with van der Waals surface area (Å²) in [4.78, 5) is 0. The summed E-state index contributed by atoms with van der Waals surface area (Å²) >= 11 is 0. The summed E-state index contributed by atoms with van der Waals surface area (Å²) in [6.07, 6.45) is 14.8. The molecular weight excluding hydrogens is 506 g/mol. The van der Waals surface area contributed by atoms with Crippen LogP contribution in [0.3, 0.4) is 0 Å². The number of fused-ring (bicyclic) bond motifs is 2. The molecule has 0 spiro atoms. The number of nitrogens with two attached hydrogens (primary N) is 1. The molecule has 0 heterocycles. The van der Waals surface area contributed by atoms with Crippen molar-refractivity contribution >= 4 is 39.4 Å². The fourth-order valence-electron chi connectivity index (χ4n) is 5.69. The number of hydrogen-bond donors (Lipinski definition) is 1. The molecule has 5 aromatic carbocycles. The second-order valence-corrected chi connectivity index (χ2v) is 10.5. The highest BCUT2D eigenvalue weighted by molar-refractivity contribution is 6.12. The van der Waals surface area contributed by atoms with Gasteiger partial charge in [0.1, 0.15) is 0 Å². The predicted molar refractivity (Wildman–Crippen MR) is 187 cm³/mol. The Bertz CT molecular complexity index is 1930. The molecule has 0 saturated heterocycles. The zero-order valence-corrected chi connectivity index (χ0v) is 24.5. The molecule has 0 aliphatic heterocycles. The van der Waals surface area contributed by atoms with Crippen molar-refractivity contribution in [1.29, 1.82) is 0 Å². The molecule has 0 atom stereocenters. The van der Waals surface area contributed by atoms with E-state index < -0.39 is 0 Å². The van der Waals surface area contributed by atoms with Crippen molar-refractivity contribution in [2.24, 2.45) is 5.73 Å². The monoisotopic (exact) mass is 543 g/mol. The van der Waals surface area contributed by atoms with Gasteiger partial charge in [-0.3, -0.25) is 0 Å². The maximum Gasteiger partial charge on any atom is 0.0387 e. The summed E-state index contributed by atoms with van der Waals surface area (Å²) < 4.78 is 0. The van der Waals surface area contributed by atoms with Crippen LogP contribution in [0.2, 0.25) is 0 Å². The van der Waals surface area contributed by atoms with Crippen LogP contribution in [0.1, 0.15) is 35.6 Å². The van der Waals surface area contributed by atoms with Crippen LogP contribution in [0.25, 0.3) is 61.6 Å². The molecule has 0 bridgehead atoms. The maximum absolute atomic E-state index is 6.56. The van der Waals surface area contributed by atoms with Crippen molar-refractivity contribution in [3.8, 4) is 22.3 Å². The van der Waals surface area contributed by atoms with Gasteiger partial charge >= 0.3 is 0 Å². The van der Waals surface area contributed by atoms with Gasteiger partial charge in [-0.25, -0.2) is 0 Å². The number of aryl methyl sites for hydroxylation is 1. The van der Waals surface area contributed by atoms with E-state index in [1.807, 2.05) is 37.3 Å². The van der Waals surface area contributed by atoms with Gasteiger partial charge in [-0.05, 0) is 105 Å². The lowest BCUT2D eigenvalue weighted by atomic mass is 9.83. The van der Waals surface area contributed by atoms with Gasteiger partial charge in [0.15, 0.2) is 0 Å². The maximum atomic E-state index is 6.56. The lowest BCUT2D eigenvalue weighted by Crippen LogP contribution is -1.98. The van der Waals surface area contributed by atoms with Crippen LogP contribution < -0.4 is 5.73 Å². The van der Waals surface area contributed by atoms with E-state index in [0.29, 0.717) is 5.70 Å². The van der Waals surface area contributed by atoms with E-state index in [-0.39, 0.29) is 0 Å². The predicted octanol–water partition coefficient (Wildman–Crippen LogP) is 11.3.